The summed E-state index contributed by atoms with van der Waals surface area (Å²) < 4.78 is 0. The average Bonchev–Trinajstić information content (AvgIpc) is 2.78. The number of piperidine rings is 1. The minimum atomic E-state index is -0.646. The molecule has 3 aliphatic heterocycles. The maximum atomic E-state index is 13.8. The summed E-state index contributed by atoms with van der Waals surface area (Å²) in [6.07, 6.45) is 3.77. The molecule has 5 rings (SSSR count). The van der Waals surface area contributed by atoms with Crippen LogP contribution in [0.5, 0.6) is 0 Å². The van der Waals surface area contributed by atoms with Gasteiger partial charge in [0.15, 0.2) is 0 Å². The standard InChI is InChI=1S/C26H30N4O3/c1-18(2)30-23(31)20-9-4-3-8-19(20)22(25(33)28-14-7-15-28)26(30)11-16-29(17-12-26)24(32)21-10-5-6-13-27-21/h3-6,8-10,13,18,22H,7,11-12,14-17H2,1-2H3. The number of likely N-dealkylation sites (tertiary alicyclic amines) is 2. The molecule has 1 spiro atoms. The van der Waals surface area contributed by atoms with Crippen molar-refractivity contribution in [1.82, 2.24) is 19.7 Å². The van der Waals surface area contributed by atoms with E-state index in [4.69, 9.17) is 0 Å². The first-order valence-corrected chi connectivity index (χ1v) is 11.9. The number of hydrogen-bond acceptors (Lipinski definition) is 4. The summed E-state index contributed by atoms with van der Waals surface area (Å²) in [5.41, 5.74) is 1.24. The van der Waals surface area contributed by atoms with E-state index in [-0.39, 0.29) is 23.8 Å². The van der Waals surface area contributed by atoms with Crippen LogP contribution in [0.3, 0.4) is 0 Å². The van der Waals surface area contributed by atoms with Crippen molar-refractivity contribution in [3.63, 3.8) is 0 Å². The zero-order chi connectivity index (χ0) is 23.2. The summed E-state index contributed by atoms with van der Waals surface area (Å²) in [5.74, 6) is -0.426. The molecule has 0 radical (unpaired) electrons. The lowest BCUT2D eigenvalue weighted by Crippen LogP contribution is -2.68. The summed E-state index contributed by atoms with van der Waals surface area (Å²) in [4.78, 5) is 50.4. The third-order valence-electron chi connectivity index (χ3n) is 7.47. The van der Waals surface area contributed by atoms with Gasteiger partial charge in [-0.05, 0) is 56.9 Å². The maximum absolute atomic E-state index is 13.8. The minimum Gasteiger partial charge on any atom is -0.342 e. The molecule has 7 heteroatoms. The van der Waals surface area contributed by atoms with Crippen molar-refractivity contribution in [2.75, 3.05) is 26.2 Å². The van der Waals surface area contributed by atoms with Gasteiger partial charge in [-0.15, -0.1) is 0 Å². The van der Waals surface area contributed by atoms with Gasteiger partial charge in [0, 0.05) is 44.0 Å². The zero-order valence-corrected chi connectivity index (χ0v) is 19.2. The van der Waals surface area contributed by atoms with Crippen LogP contribution >= 0.6 is 0 Å². The highest BCUT2D eigenvalue weighted by Crippen LogP contribution is 2.49. The van der Waals surface area contributed by atoms with Gasteiger partial charge in [0.1, 0.15) is 5.69 Å². The average molecular weight is 447 g/mol. The Balaban J connectivity index is 1.54. The van der Waals surface area contributed by atoms with Gasteiger partial charge in [-0.1, -0.05) is 24.3 Å². The quantitative estimate of drug-likeness (QED) is 0.727. The topological polar surface area (TPSA) is 73.8 Å². The molecule has 2 aromatic rings. The first-order chi connectivity index (χ1) is 15.9. The third kappa shape index (κ3) is 3.41. The molecular formula is C26H30N4O3. The number of rotatable bonds is 3. The smallest absolute Gasteiger partial charge is 0.272 e. The lowest BCUT2D eigenvalue weighted by molar-refractivity contribution is -0.142. The fourth-order valence-electron chi connectivity index (χ4n) is 5.81. The van der Waals surface area contributed by atoms with Crippen molar-refractivity contribution in [1.29, 1.82) is 0 Å². The van der Waals surface area contributed by atoms with E-state index in [0.717, 1.165) is 25.1 Å². The molecule has 4 heterocycles. The van der Waals surface area contributed by atoms with Crippen molar-refractivity contribution >= 4 is 17.7 Å². The monoisotopic (exact) mass is 446 g/mol. The number of carbonyl (C=O) groups is 3. The summed E-state index contributed by atoms with van der Waals surface area (Å²) >= 11 is 0. The van der Waals surface area contributed by atoms with E-state index in [1.165, 1.54) is 0 Å². The van der Waals surface area contributed by atoms with E-state index in [2.05, 4.69) is 4.98 Å². The molecule has 33 heavy (non-hydrogen) atoms. The Morgan fingerprint density at radius 2 is 1.67 bits per heavy atom. The number of carbonyl (C=O) groups excluding carboxylic acids is 3. The molecule has 0 aliphatic carbocycles. The SMILES string of the molecule is CC(C)N1C(=O)c2ccccc2C(C(=O)N2CCC2)C12CCN(C(=O)c1ccccn1)CC2. The summed E-state index contributed by atoms with van der Waals surface area (Å²) in [7, 11) is 0. The predicted octanol–water partition coefficient (Wildman–Crippen LogP) is 2.94. The van der Waals surface area contributed by atoms with Crippen molar-refractivity contribution in [2.24, 2.45) is 0 Å². The highest BCUT2D eigenvalue weighted by molar-refractivity contribution is 6.02. The number of hydrogen-bond donors (Lipinski definition) is 0. The van der Waals surface area contributed by atoms with Crippen molar-refractivity contribution in [3.8, 4) is 0 Å². The van der Waals surface area contributed by atoms with Crippen LogP contribution in [0.1, 0.15) is 65.4 Å². The number of benzene rings is 1. The number of fused-ring (bicyclic) bond motifs is 1. The van der Waals surface area contributed by atoms with Crippen molar-refractivity contribution in [3.05, 3.63) is 65.5 Å². The van der Waals surface area contributed by atoms with E-state index >= 15 is 0 Å². The van der Waals surface area contributed by atoms with E-state index < -0.39 is 11.5 Å². The zero-order valence-electron chi connectivity index (χ0n) is 19.2. The van der Waals surface area contributed by atoms with E-state index in [1.54, 1.807) is 18.3 Å². The minimum absolute atomic E-state index is 0.0160. The third-order valence-corrected chi connectivity index (χ3v) is 7.47. The molecule has 3 amide bonds. The van der Waals surface area contributed by atoms with Gasteiger partial charge < -0.3 is 14.7 Å². The Bertz CT molecular complexity index is 1070. The fourth-order valence-corrected chi connectivity index (χ4v) is 5.81. The Morgan fingerprint density at radius 3 is 2.27 bits per heavy atom. The molecule has 1 unspecified atom stereocenters. The lowest BCUT2D eigenvalue weighted by Gasteiger charge is -2.57. The van der Waals surface area contributed by atoms with Crippen LogP contribution in [0.4, 0.5) is 0 Å². The molecule has 0 saturated carbocycles. The highest BCUT2D eigenvalue weighted by atomic mass is 16.2. The van der Waals surface area contributed by atoms with Crippen molar-refractivity contribution < 1.29 is 14.4 Å². The molecule has 0 bridgehead atoms. The number of pyridine rings is 1. The summed E-state index contributed by atoms with van der Waals surface area (Å²) in [5, 5.41) is 0. The van der Waals surface area contributed by atoms with Crippen LogP contribution in [0.2, 0.25) is 0 Å². The Kier molecular flexibility index (Phi) is 5.43. The van der Waals surface area contributed by atoms with Gasteiger partial charge in [0.25, 0.3) is 11.8 Å². The summed E-state index contributed by atoms with van der Waals surface area (Å²) in [6, 6.07) is 12.8. The van der Waals surface area contributed by atoms with Crippen LogP contribution in [-0.2, 0) is 4.79 Å². The Morgan fingerprint density at radius 1 is 0.970 bits per heavy atom. The van der Waals surface area contributed by atoms with Crippen LogP contribution in [0.25, 0.3) is 0 Å². The molecule has 1 aromatic carbocycles. The normalized spacial score (nSPS) is 21.7. The molecule has 0 N–H and O–H groups in total. The first-order valence-electron chi connectivity index (χ1n) is 11.9. The number of aromatic nitrogens is 1. The van der Waals surface area contributed by atoms with Crippen LogP contribution < -0.4 is 0 Å². The van der Waals surface area contributed by atoms with E-state index in [0.29, 0.717) is 37.2 Å². The Labute approximate surface area is 194 Å². The van der Waals surface area contributed by atoms with Crippen LogP contribution in [0.15, 0.2) is 48.7 Å². The maximum Gasteiger partial charge on any atom is 0.272 e. The van der Waals surface area contributed by atoms with Gasteiger partial charge in [0.2, 0.25) is 5.91 Å². The van der Waals surface area contributed by atoms with Crippen molar-refractivity contribution in [2.45, 2.75) is 50.6 Å². The van der Waals surface area contributed by atoms with Gasteiger partial charge in [-0.25, -0.2) is 0 Å². The van der Waals surface area contributed by atoms with Gasteiger partial charge in [-0.2, -0.15) is 0 Å². The van der Waals surface area contributed by atoms with E-state index in [9.17, 15) is 14.4 Å². The highest BCUT2D eigenvalue weighted by Gasteiger charge is 2.57. The number of amides is 3. The molecule has 172 valence electrons. The molecular weight excluding hydrogens is 416 g/mol. The molecule has 3 aliphatic rings. The molecule has 2 fully saturated rings. The van der Waals surface area contributed by atoms with Crippen LogP contribution in [0, 0.1) is 0 Å². The van der Waals surface area contributed by atoms with Gasteiger partial charge in [-0.3, -0.25) is 19.4 Å². The van der Waals surface area contributed by atoms with Gasteiger partial charge in [0.05, 0.1) is 11.5 Å². The van der Waals surface area contributed by atoms with E-state index in [1.807, 2.05) is 58.9 Å². The fraction of sp³-hybridized carbons (Fsp3) is 0.462. The largest absolute Gasteiger partial charge is 0.342 e. The van der Waals surface area contributed by atoms with Crippen LogP contribution in [-0.4, -0.2) is 75.2 Å². The number of nitrogens with zero attached hydrogens (tertiary/aromatic N) is 4. The second kappa shape index (κ2) is 8.28. The van der Waals surface area contributed by atoms with Gasteiger partial charge >= 0.3 is 0 Å². The lowest BCUT2D eigenvalue weighted by atomic mass is 9.66. The Hall–Kier alpha value is -3.22. The second-order valence-corrected chi connectivity index (χ2v) is 9.58. The first kappa shape index (κ1) is 21.6. The predicted molar refractivity (Wildman–Crippen MR) is 124 cm³/mol. The summed E-state index contributed by atoms with van der Waals surface area (Å²) in [6.45, 7) is 6.55. The molecule has 2 saturated heterocycles. The molecule has 1 atom stereocenters. The molecule has 1 aromatic heterocycles. The molecule has 7 nitrogen and oxygen atoms in total. The second-order valence-electron chi connectivity index (χ2n) is 9.58.